The van der Waals surface area contributed by atoms with E-state index in [-0.39, 0.29) is 23.2 Å². The molecule has 0 radical (unpaired) electrons. The van der Waals surface area contributed by atoms with Crippen molar-refractivity contribution in [3.8, 4) is 0 Å². The van der Waals surface area contributed by atoms with E-state index in [1.165, 1.54) is 25.4 Å². The molecule has 2 aromatic heterocycles. The fourth-order valence-electron chi connectivity index (χ4n) is 3.79. The van der Waals surface area contributed by atoms with E-state index < -0.39 is 28.0 Å². The fourth-order valence-corrected chi connectivity index (χ4v) is 4.91. The molecule has 3 heterocycles. The number of nitrogens with zero attached hydrogens (tertiary/aromatic N) is 4. The summed E-state index contributed by atoms with van der Waals surface area (Å²) in [5.41, 5.74) is -0.615. The van der Waals surface area contributed by atoms with E-state index in [1.54, 1.807) is 17.0 Å². The first-order valence-corrected chi connectivity index (χ1v) is 12.5. The standard InChI is InChI=1S/C21H26F3N7O3S/c1-25-20(32)16-4-5-17(19(27-16)21(22,23)24)31-10-8-30(9-11-31)13-14-6-7-26-18(12-14)29-35(33,34)28-15-2-3-15/h4-7,12,15,28H,2-3,8-11,13H2,1H3,(H,25,32)(H,26,29). The number of piperazine rings is 1. The number of pyridine rings is 2. The molecule has 0 bridgehead atoms. The first kappa shape index (κ1) is 25.1. The second-order valence-electron chi connectivity index (χ2n) is 8.45. The molecule has 2 aliphatic rings. The van der Waals surface area contributed by atoms with Gasteiger partial charge in [-0.3, -0.25) is 14.4 Å². The number of hydrogen-bond acceptors (Lipinski definition) is 7. The summed E-state index contributed by atoms with van der Waals surface area (Å²) in [6.45, 7) is 2.13. The Hall–Kier alpha value is -2.97. The highest BCUT2D eigenvalue weighted by Gasteiger charge is 2.38. The summed E-state index contributed by atoms with van der Waals surface area (Å²) in [4.78, 5) is 23.0. The molecule has 0 unspecified atom stereocenters. The minimum Gasteiger partial charge on any atom is -0.367 e. The van der Waals surface area contributed by atoms with Crippen LogP contribution in [-0.4, -0.2) is 68.5 Å². The molecule has 0 aromatic carbocycles. The predicted octanol–water partition coefficient (Wildman–Crippen LogP) is 1.59. The lowest BCUT2D eigenvalue weighted by Crippen LogP contribution is -2.46. The number of alkyl halides is 3. The van der Waals surface area contributed by atoms with Crippen LogP contribution in [0.3, 0.4) is 0 Å². The average Bonchev–Trinajstić information content (AvgIpc) is 3.61. The first-order chi connectivity index (χ1) is 16.5. The Kier molecular flexibility index (Phi) is 7.15. The molecule has 1 saturated carbocycles. The summed E-state index contributed by atoms with van der Waals surface area (Å²) >= 11 is 0. The molecule has 3 N–H and O–H groups in total. The zero-order valence-electron chi connectivity index (χ0n) is 19.0. The van der Waals surface area contributed by atoms with Crippen LogP contribution < -0.4 is 19.7 Å². The van der Waals surface area contributed by atoms with Crippen LogP contribution in [0.15, 0.2) is 30.5 Å². The van der Waals surface area contributed by atoms with Gasteiger partial charge in [-0.15, -0.1) is 0 Å². The van der Waals surface area contributed by atoms with Crippen LogP contribution in [0.5, 0.6) is 0 Å². The molecule has 190 valence electrons. The second kappa shape index (κ2) is 9.95. The SMILES string of the molecule is CNC(=O)c1ccc(N2CCN(Cc3ccnc(NS(=O)(=O)NC4CC4)c3)CC2)c(C(F)(F)F)n1. The highest BCUT2D eigenvalue weighted by atomic mass is 32.2. The maximum absolute atomic E-state index is 13.7. The first-order valence-electron chi connectivity index (χ1n) is 11.1. The van der Waals surface area contributed by atoms with Crippen LogP contribution in [-0.2, 0) is 22.9 Å². The number of rotatable bonds is 8. The predicted molar refractivity (Wildman–Crippen MR) is 123 cm³/mol. The number of hydrogen-bond donors (Lipinski definition) is 3. The molecule has 2 aromatic rings. The molecule has 0 atom stereocenters. The lowest BCUT2D eigenvalue weighted by Gasteiger charge is -2.37. The molecular weight excluding hydrogens is 487 g/mol. The molecule has 14 heteroatoms. The van der Waals surface area contributed by atoms with E-state index >= 15 is 0 Å². The second-order valence-corrected chi connectivity index (χ2v) is 9.90. The highest BCUT2D eigenvalue weighted by Crippen LogP contribution is 2.35. The molecular formula is C21H26F3N7O3S. The number of carbonyl (C=O) groups excluding carboxylic acids is 1. The van der Waals surface area contributed by atoms with Gasteiger partial charge in [0.1, 0.15) is 11.5 Å². The molecule has 4 rings (SSSR count). The number of carbonyl (C=O) groups is 1. The van der Waals surface area contributed by atoms with E-state index in [2.05, 4.69) is 29.6 Å². The van der Waals surface area contributed by atoms with E-state index in [1.807, 2.05) is 0 Å². The molecule has 1 aliphatic carbocycles. The summed E-state index contributed by atoms with van der Waals surface area (Å²) in [6.07, 6.45) is -1.56. The van der Waals surface area contributed by atoms with E-state index in [0.717, 1.165) is 18.4 Å². The summed E-state index contributed by atoms with van der Waals surface area (Å²) in [6, 6.07) is 5.95. The van der Waals surface area contributed by atoms with Gasteiger partial charge in [-0.05, 0) is 42.7 Å². The van der Waals surface area contributed by atoms with Crippen LogP contribution >= 0.6 is 0 Å². The van der Waals surface area contributed by atoms with Crippen LogP contribution in [0, 0.1) is 0 Å². The Morgan fingerprint density at radius 2 is 1.86 bits per heavy atom. The summed E-state index contributed by atoms with van der Waals surface area (Å²) in [5.74, 6) is -0.486. The van der Waals surface area contributed by atoms with Crippen LogP contribution in [0.25, 0.3) is 0 Å². The van der Waals surface area contributed by atoms with Crippen molar-refractivity contribution in [3.05, 3.63) is 47.4 Å². The molecule has 35 heavy (non-hydrogen) atoms. The average molecular weight is 514 g/mol. The number of aromatic nitrogens is 2. The molecule has 0 spiro atoms. The van der Waals surface area contributed by atoms with Crippen LogP contribution in [0.1, 0.15) is 34.6 Å². The lowest BCUT2D eigenvalue weighted by atomic mass is 10.1. The maximum atomic E-state index is 13.7. The van der Waals surface area contributed by atoms with Gasteiger partial charge in [-0.25, -0.2) is 9.97 Å². The lowest BCUT2D eigenvalue weighted by molar-refractivity contribution is -0.140. The molecule has 1 amide bonds. The third-order valence-corrected chi connectivity index (χ3v) is 6.81. The van der Waals surface area contributed by atoms with Crippen LogP contribution in [0.4, 0.5) is 24.7 Å². The van der Waals surface area contributed by atoms with Gasteiger partial charge < -0.3 is 10.2 Å². The van der Waals surface area contributed by atoms with Crippen molar-refractivity contribution >= 4 is 27.6 Å². The van der Waals surface area contributed by atoms with Crippen molar-refractivity contribution in [1.82, 2.24) is 24.9 Å². The Morgan fingerprint density at radius 3 is 2.49 bits per heavy atom. The Balaban J connectivity index is 1.39. The Bertz CT molecular complexity index is 1180. The minimum absolute atomic E-state index is 0.0277. The van der Waals surface area contributed by atoms with Gasteiger partial charge in [0.25, 0.3) is 5.91 Å². The van der Waals surface area contributed by atoms with Crippen molar-refractivity contribution in [2.24, 2.45) is 0 Å². The Morgan fingerprint density at radius 1 is 1.14 bits per heavy atom. The van der Waals surface area contributed by atoms with Gasteiger partial charge in [-0.1, -0.05) is 0 Å². The largest absolute Gasteiger partial charge is 0.435 e. The Labute approximate surface area is 201 Å². The minimum atomic E-state index is -4.70. The van der Waals surface area contributed by atoms with Crippen molar-refractivity contribution in [2.45, 2.75) is 31.6 Å². The van der Waals surface area contributed by atoms with Gasteiger partial charge in [0.2, 0.25) is 0 Å². The third kappa shape index (κ3) is 6.58. The number of halogens is 3. The van der Waals surface area contributed by atoms with Gasteiger partial charge in [0, 0.05) is 52.0 Å². The smallest absolute Gasteiger partial charge is 0.367 e. The number of anilines is 2. The maximum Gasteiger partial charge on any atom is 0.435 e. The van der Waals surface area contributed by atoms with Gasteiger partial charge in [0.15, 0.2) is 5.69 Å². The highest BCUT2D eigenvalue weighted by molar-refractivity contribution is 7.90. The van der Waals surface area contributed by atoms with Gasteiger partial charge in [0.05, 0.1) is 5.69 Å². The molecule has 10 nitrogen and oxygen atoms in total. The summed E-state index contributed by atoms with van der Waals surface area (Å²) < 4.78 is 70.1. The normalized spacial score (nSPS) is 17.3. The zero-order valence-corrected chi connectivity index (χ0v) is 19.8. The van der Waals surface area contributed by atoms with E-state index in [9.17, 15) is 26.4 Å². The van der Waals surface area contributed by atoms with Gasteiger partial charge >= 0.3 is 16.4 Å². The summed E-state index contributed by atoms with van der Waals surface area (Å²) in [7, 11) is -2.36. The van der Waals surface area contributed by atoms with Crippen LogP contribution in [0.2, 0.25) is 0 Å². The van der Waals surface area contributed by atoms with Crippen molar-refractivity contribution < 1.29 is 26.4 Å². The molecule has 1 saturated heterocycles. The molecule has 2 fully saturated rings. The number of nitrogens with one attached hydrogen (secondary N) is 3. The number of amides is 1. The van der Waals surface area contributed by atoms with Crippen molar-refractivity contribution in [2.75, 3.05) is 42.8 Å². The van der Waals surface area contributed by atoms with Crippen molar-refractivity contribution in [1.29, 1.82) is 0 Å². The van der Waals surface area contributed by atoms with Gasteiger partial charge in [-0.2, -0.15) is 26.3 Å². The zero-order chi connectivity index (χ0) is 25.2. The summed E-state index contributed by atoms with van der Waals surface area (Å²) in [5, 5.41) is 2.28. The molecule has 1 aliphatic heterocycles. The quantitative estimate of drug-likeness (QED) is 0.490. The third-order valence-electron chi connectivity index (χ3n) is 5.68. The van der Waals surface area contributed by atoms with E-state index in [0.29, 0.717) is 32.7 Å². The van der Waals surface area contributed by atoms with E-state index in [4.69, 9.17) is 0 Å². The van der Waals surface area contributed by atoms with Crippen molar-refractivity contribution in [3.63, 3.8) is 0 Å². The monoisotopic (exact) mass is 513 g/mol. The fraction of sp³-hybridized carbons (Fsp3) is 0.476. The topological polar surface area (TPSA) is 120 Å².